The summed E-state index contributed by atoms with van der Waals surface area (Å²) in [4.78, 5) is 14.0. The van der Waals surface area contributed by atoms with Crippen LogP contribution in [0.2, 0.25) is 5.02 Å². The lowest BCUT2D eigenvalue weighted by atomic mass is 10.1. The summed E-state index contributed by atoms with van der Waals surface area (Å²) in [5, 5.41) is 0.421. The van der Waals surface area contributed by atoms with Gasteiger partial charge in [-0.25, -0.2) is 8.78 Å². The van der Waals surface area contributed by atoms with E-state index < -0.39 is 11.6 Å². The van der Waals surface area contributed by atoms with Crippen LogP contribution in [0.15, 0.2) is 30.3 Å². The molecule has 23 heavy (non-hydrogen) atoms. The zero-order chi connectivity index (χ0) is 16.6. The van der Waals surface area contributed by atoms with Gasteiger partial charge < -0.3 is 15.4 Å². The zero-order valence-corrected chi connectivity index (χ0v) is 12.7. The summed E-state index contributed by atoms with van der Waals surface area (Å²) in [7, 11) is 0. The van der Waals surface area contributed by atoms with Gasteiger partial charge in [0.15, 0.2) is 0 Å². The van der Waals surface area contributed by atoms with Crippen molar-refractivity contribution in [2.24, 2.45) is 0 Å². The third-order valence-electron chi connectivity index (χ3n) is 3.62. The number of halogens is 3. The van der Waals surface area contributed by atoms with E-state index in [4.69, 9.17) is 22.1 Å². The van der Waals surface area contributed by atoms with E-state index in [0.717, 1.165) is 12.1 Å². The fraction of sp³-hybridized carbons (Fsp3) is 0.188. The topological polar surface area (TPSA) is 55.6 Å². The highest BCUT2D eigenvalue weighted by atomic mass is 35.5. The SMILES string of the molecule is Nc1cc(Cl)ccc1C(=O)N1CCOc2cc(F)cc(F)c2C1. The molecule has 0 radical (unpaired) electrons. The average Bonchev–Trinajstić information content (AvgIpc) is 2.69. The third-order valence-corrected chi connectivity index (χ3v) is 3.85. The molecule has 0 saturated carbocycles. The van der Waals surface area contributed by atoms with Gasteiger partial charge >= 0.3 is 0 Å². The van der Waals surface area contributed by atoms with E-state index >= 15 is 0 Å². The highest BCUT2D eigenvalue weighted by molar-refractivity contribution is 6.31. The molecule has 0 aromatic heterocycles. The molecule has 0 fully saturated rings. The monoisotopic (exact) mass is 338 g/mol. The van der Waals surface area contributed by atoms with Gasteiger partial charge in [0.1, 0.15) is 24.0 Å². The van der Waals surface area contributed by atoms with Crippen LogP contribution >= 0.6 is 11.6 Å². The highest BCUT2D eigenvalue weighted by Crippen LogP contribution is 2.28. The number of hydrogen-bond donors (Lipinski definition) is 1. The van der Waals surface area contributed by atoms with Crippen LogP contribution in [0.5, 0.6) is 5.75 Å². The number of hydrogen-bond acceptors (Lipinski definition) is 3. The number of nitrogens with two attached hydrogens (primary N) is 1. The van der Waals surface area contributed by atoms with Gasteiger partial charge in [-0.1, -0.05) is 11.6 Å². The first-order chi connectivity index (χ1) is 11.0. The Bertz CT molecular complexity index is 783. The zero-order valence-electron chi connectivity index (χ0n) is 12.0. The van der Waals surface area contributed by atoms with Crippen molar-refractivity contribution in [3.8, 4) is 5.75 Å². The van der Waals surface area contributed by atoms with Crippen LogP contribution < -0.4 is 10.5 Å². The van der Waals surface area contributed by atoms with Crippen LogP contribution in [0.1, 0.15) is 15.9 Å². The Balaban J connectivity index is 1.93. The van der Waals surface area contributed by atoms with Crippen molar-refractivity contribution < 1.29 is 18.3 Å². The molecule has 4 nitrogen and oxygen atoms in total. The molecule has 0 unspecified atom stereocenters. The Hall–Kier alpha value is -2.34. The Labute approximate surface area is 136 Å². The molecule has 120 valence electrons. The molecule has 0 aliphatic carbocycles. The van der Waals surface area contributed by atoms with E-state index in [1.165, 1.54) is 17.0 Å². The molecule has 0 bridgehead atoms. The number of anilines is 1. The number of nitrogens with zero attached hydrogens (tertiary/aromatic N) is 1. The predicted molar refractivity (Wildman–Crippen MR) is 82.5 cm³/mol. The number of nitrogen functional groups attached to an aromatic ring is 1. The van der Waals surface area contributed by atoms with E-state index in [2.05, 4.69) is 0 Å². The number of benzene rings is 2. The fourth-order valence-corrected chi connectivity index (χ4v) is 2.65. The summed E-state index contributed by atoms with van der Waals surface area (Å²) in [6.45, 7) is 0.341. The van der Waals surface area contributed by atoms with Crippen molar-refractivity contribution in [2.75, 3.05) is 18.9 Å². The second-order valence-electron chi connectivity index (χ2n) is 5.17. The van der Waals surface area contributed by atoms with Crippen molar-refractivity contribution in [3.63, 3.8) is 0 Å². The van der Waals surface area contributed by atoms with Crippen molar-refractivity contribution in [1.29, 1.82) is 0 Å². The van der Waals surface area contributed by atoms with E-state index in [1.54, 1.807) is 6.07 Å². The summed E-state index contributed by atoms with van der Waals surface area (Å²) in [5.74, 6) is -1.71. The molecule has 1 heterocycles. The Kier molecular flexibility index (Phi) is 4.09. The lowest BCUT2D eigenvalue weighted by Gasteiger charge is -2.21. The van der Waals surface area contributed by atoms with Crippen molar-refractivity contribution in [3.05, 3.63) is 58.1 Å². The summed E-state index contributed by atoms with van der Waals surface area (Å²) < 4.78 is 32.6. The first-order valence-corrected chi connectivity index (χ1v) is 7.28. The van der Waals surface area contributed by atoms with Gasteiger partial charge in [0.05, 0.1) is 18.7 Å². The molecule has 2 N–H and O–H groups in total. The lowest BCUT2D eigenvalue weighted by molar-refractivity contribution is 0.0733. The van der Waals surface area contributed by atoms with Crippen LogP contribution in [0, 0.1) is 11.6 Å². The van der Waals surface area contributed by atoms with Gasteiger partial charge in [0, 0.05) is 28.4 Å². The van der Waals surface area contributed by atoms with Gasteiger partial charge in [0.25, 0.3) is 5.91 Å². The fourth-order valence-electron chi connectivity index (χ4n) is 2.47. The lowest BCUT2D eigenvalue weighted by Crippen LogP contribution is -2.33. The standard InChI is InChI=1S/C16H13ClF2N2O2/c17-9-1-2-11(14(20)5-9)16(22)21-3-4-23-15-7-10(18)6-13(19)12(15)8-21/h1-2,5-7H,3-4,8,20H2. The van der Waals surface area contributed by atoms with E-state index in [1.807, 2.05) is 0 Å². The average molecular weight is 339 g/mol. The molecular weight excluding hydrogens is 326 g/mol. The second-order valence-corrected chi connectivity index (χ2v) is 5.61. The number of rotatable bonds is 1. The molecule has 0 saturated heterocycles. The minimum Gasteiger partial charge on any atom is -0.491 e. The van der Waals surface area contributed by atoms with Gasteiger partial charge in [-0.3, -0.25) is 4.79 Å². The number of carbonyl (C=O) groups is 1. The number of fused-ring (bicyclic) bond motifs is 1. The van der Waals surface area contributed by atoms with Gasteiger partial charge in [-0.2, -0.15) is 0 Å². The normalized spacial score (nSPS) is 14.0. The smallest absolute Gasteiger partial charge is 0.256 e. The largest absolute Gasteiger partial charge is 0.491 e. The maximum atomic E-state index is 14.0. The molecule has 2 aromatic carbocycles. The van der Waals surface area contributed by atoms with Crippen LogP contribution in [-0.2, 0) is 6.54 Å². The van der Waals surface area contributed by atoms with Gasteiger partial charge in [-0.15, -0.1) is 0 Å². The Morgan fingerprint density at radius 3 is 2.78 bits per heavy atom. The van der Waals surface area contributed by atoms with Crippen molar-refractivity contribution >= 4 is 23.2 Å². The molecule has 1 amide bonds. The Morgan fingerprint density at radius 2 is 2.04 bits per heavy atom. The summed E-state index contributed by atoms with van der Waals surface area (Å²) in [5.41, 5.74) is 6.49. The molecule has 3 rings (SSSR count). The molecule has 0 atom stereocenters. The predicted octanol–water partition coefficient (Wildman–Crippen LogP) is 3.24. The molecule has 2 aromatic rings. The van der Waals surface area contributed by atoms with Crippen LogP contribution in [0.4, 0.5) is 14.5 Å². The highest BCUT2D eigenvalue weighted by Gasteiger charge is 2.25. The maximum absolute atomic E-state index is 14.0. The molecule has 1 aliphatic rings. The molecular formula is C16H13ClF2N2O2. The molecule has 7 heteroatoms. The summed E-state index contributed by atoms with van der Waals surface area (Å²) in [6, 6.07) is 6.44. The van der Waals surface area contributed by atoms with Crippen LogP contribution in [0.25, 0.3) is 0 Å². The molecule has 1 aliphatic heterocycles. The van der Waals surface area contributed by atoms with Gasteiger partial charge in [-0.05, 0) is 18.2 Å². The van der Waals surface area contributed by atoms with Gasteiger partial charge in [0.2, 0.25) is 0 Å². The third kappa shape index (κ3) is 3.07. The van der Waals surface area contributed by atoms with E-state index in [0.29, 0.717) is 5.02 Å². The number of carbonyl (C=O) groups excluding carboxylic acids is 1. The van der Waals surface area contributed by atoms with Crippen LogP contribution in [0.3, 0.4) is 0 Å². The quantitative estimate of drug-likeness (QED) is 0.812. The minimum absolute atomic E-state index is 0.0254. The summed E-state index contributed by atoms with van der Waals surface area (Å²) >= 11 is 5.83. The maximum Gasteiger partial charge on any atom is 0.256 e. The van der Waals surface area contributed by atoms with E-state index in [-0.39, 0.29) is 48.2 Å². The minimum atomic E-state index is -0.747. The summed E-state index contributed by atoms with van der Waals surface area (Å²) in [6.07, 6.45) is 0. The number of amides is 1. The first-order valence-electron chi connectivity index (χ1n) is 6.90. The Morgan fingerprint density at radius 1 is 1.26 bits per heavy atom. The van der Waals surface area contributed by atoms with Crippen LogP contribution in [-0.4, -0.2) is 24.0 Å². The van der Waals surface area contributed by atoms with Crippen molar-refractivity contribution in [1.82, 2.24) is 4.90 Å². The van der Waals surface area contributed by atoms with Crippen molar-refractivity contribution in [2.45, 2.75) is 6.54 Å². The second kappa shape index (κ2) is 6.04. The number of ether oxygens (including phenoxy) is 1. The first kappa shape index (κ1) is 15.6. The molecule has 0 spiro atoms. The van der Waals surface area contributed by atoms with E-state index in [9.17, 15) is 13.6 Å².